The summed E-state index contributed by atoms with van der Waals surface area (Å²) in [6.07, 6.45) is 3.27. The molecule has 1 aliphatic carbocycles. The van der Waals surface area contributed by atoms with Crippen molar-refractivity contribution in [3.8, 4) is 0 Å². The van der Waals surface area contributed by atoms with Gasteiger partial charge in [0.05, 0.1) is 0 Å². The van der Waals surface area contributed by atoms with Gasteiger partial charge in [0.1, 0.15) is 11.6 Å². The summed E-state index contributed by atoms with van der Waals surface area (Å²) in [4.78, 5) is 36.8. The van der Waals surface area contributed by atoms with E-state index in [1.54, 1.807) is 7.05 Å². The number of benzene rings is 1. The van der Waals surface area contributed by atoms with Crippen LogP contribution in [-0.2, 0) is 20.7 Å². The van der Waals surface area contributed by atoms with Crippen LogP contribution < -0.4 is 16.0 Å². The van der Waals surface area contributed by atoms with E-state index in [0.717, 1.165) is 31.2 Å². The minimum Gasteiger partial charge on any atom is -0.444 e. The van der Waals surface area contributed by atoms with Crippen molar-refractivity contribution in [3.63, 3.8) is 0 Å². The van der Waals surface area contributed by atoms with Gasteiger partial charge in [-0.05, 0) is 57.9 Å². The molecule has 3 amide bonds. The second-order valence-electron chi connectivity index (χ2n) is 8.97. The zero-order valence-corrected chi connectivity index (χ0v) is 18.5. The molecule has 0 unspecified atom stereocenters. The standard InChI is InChI=1S/C23H35N3O4/c1-23(2,3)30-22(29)25-15-17-10-12-18(13-11-17)20(27)26-19(21(28)24-4)14-16-8-6-5-7-9-16/h5-9,17-19H,10-15H2,1-4H3,(H,24,28)(H,25,29)(H,26,27)/t17-,18-,19-/m0/s1. The van der Waals surface area contributed by atoms with Gasteiger partial charge in [-0.25, -0.2) is 4.79 Å². The molecule has 30 heavy (non-hydrogen) atoms. The molecule has 2 rings (SSSR count). The zero-order chi connectivity index (χ0) is 22.1. The third kappa shape index (κ3) is 8.05. The Morgan fingerprint density at radius 3 is 2.27 bits per heavy atom. The maximum Gasteiger partial charge on any atom is 0.407 e. The Balaban J connectivity index is 1.80. The fourth-order valence-corrected chi connectivity index (χ4v) is 3.69. The van der Waals surface area contributed by atoms with E-state index in [9.17, 15) is 14.4 Å². The Hall–Kier alpha value is -2.57. The van der Waals surface area contributed by atoms with Gasteiger partial charge in [0.25, 0.3) is 0 Å². The van der Waals surface area contributed by atoms with E-state index in [4.69, 9.17) is 4.74 Å². The molecular weight excluding hydrogens is 382 g/mol. The number of carbonyl (C=O) groups excluding carboxylic acids is 3. The van der Waals surface area contributed by atoms with Gasteiger partial charge in [-0.2, -0.15) is 0 Å². The van der Waals surface area contributed by atoms with E-state index >= 15 is 0 Å². The summed E-state index contributed by atoms with van der Waals surface area (Å²) in [6, 6.07) is 9.08. The molecule has 1 atom stereocenters. The van der Waals surface area contributed by atoms with Crippen molar-refractivity contribution in [2.45, 2.75) is 64.5 Å². The molecule has 1 fully saturated rings. The minimum atomic E-state index is -0.587. The average Bonchev–Trinajstić information content (AvgIpc) is 2.71. The first-order valence-electron chi connectivity index (χ1n) is 10.7. The summed E-state index contributed by atoms with van der Waals surface area (Å²) >= 11 is 0. The monoisotopic (exact) mass is 417 g/mol. The first-order chi connectivity index (χ1) is 14.2. The summed E-state index contributed by atoms with van der Waals surface area (Å²) in [5.74, 6) is -0.0353. The molecule has 7 heteroatoms. The summed E-state index contributed by atoms with van der Waals surface area (Å²) in [7, 11) is 1.58. The van der Waals surface area contributed by atoms with Crippen LogP contribution in [0.4, 0.5) is 4.79 Å². The van der Waals surface area contributed by atoms with Crippen molar-refractivity contribution in [2.75, 3.05) is 13.6 Å². The number of alkyl carbamates (subject to hydrolysis) is 1. The highest BCUT2D eigenvalue weighted by Gasteiger charge is 2.29. The van der Waals surface area contributed by atoms with E-state index in [-0.39, 0.29) is 17.7 Å². The molecule has 0 spiro atoms. The van der Waals surface area contributed by atoms with Crippen LogP contribution in [0.3, 0.4) is 0 Å². The number of hydrogen-bond acceptors (Lipinski definition) is 4. The smallest absolute Gasteiger partial charge is 0.407 e. The van der Waals surface area contributed by atoms with E-state index in [2.05, 4.69) is 16.0 Å². The van der Waals surface area contributed by atoms with Gasteiger partial charge >= 0.3 is 6.09 Å². The number of nitrogens with one attached hydrogen (secondary N) is 3. The maximum atomic E-state index is 12.8. The van der Waals surface area contributed by atoms with Crippen LogP contribution in [0.5, 0.6) is 0 Å². The van der Waals surface area contributed by atoms with Crippen molar-refractivity contribution in [2.24, 2.45) is 11.8 Å². The Bertz CT molecular complexity index is 707. The molecule has 0 saturated heterocycles. The highest BCUT2D eigenvalue weighted by Crippen LogP contribution is 2.28. The van der Waals surface area contributed by atoms with Crippen molar-refractivity contribution in [1.29, 1.82) is 0 Å². The zero-order valence-electron chi connectivity index (χ0n) is 18.5. The third-order valence-electron chi connectivity index (χ3n) is 5.31. The van der Waals surface area contributed by atoms with Gasteiger partial charge in [0.15, 0.2) is 0 Å². The molecule has 166 valence electrons. The highest BCUT2D eigenvalue weighted by molar-refractivity contribution is 5.88. The summed E-state index contributed by atoms with van der Waals surface area (Å²) in [5.41, 5.74) is 0.490. The molecule has 0 heterocycles. The SMILES string of the molecule is CNC(=O)[C@H](Cc1ccccc1)NC(=O)[C@H]1CC[C@H](CNC(=O)OC(C)(C)C)CC1. The minimum absolute atomic E-state index is 0.0712. The molecule has 0 aromatic heterocycles. The average molecular weight is 418 g/mol. The Kier molecular flexibility index (Phi) is 8.69. The van der Waals surface area contributed by atoms with Crippen LogP contribution in [0, 0.1) is 11.8 Å². The largest absolute Gasteiger partial charge is 0.444 e. The lowest BCUT2D eigenvalue weighted by Gasteiger charge is -2.29. The molecule has 0 bridgehead atoms. The van der Waals surface area contributed by atoms with E-state index in [1.165, 1.54) is 0 Å². The number of amides is 3. The normalized spacial score (nSPS) is 20.0. The van der Waals surface area contributed by atoms with Crippen LogP contribution in [-0.4, -0.2) is 43.1 Å². The lowest BCUT2D eigenvalue weighted by Crippen LogP contribution is -2.49. The van der Waals surface area contributed by atoms with Gasteiger partial charge in [0.2, 0.25) is 11.8 Å². The fraction of sp³-hybridized carbons (Fsp3) is 0.609. The number of rotatable bonds is 7. The predicted octanol–water partition coefficient (Wildman–Crippen LogP) is 2.79. The summed E-state index contributed by atoms with van der Waals surface area (Å²) < 4.78 is 5.26. The Morgan fingerprint density at radius 2 is 1.70 bits per heavy atom. The van der Waals surface area contributed by atoms with Crippen LogP contribution in [0.1, 0.15) is 52.0 Å². The van der Waals surface area contributed by atoms with Crippen molar-refractivity contribution in [1.82, 2.24) is 16.0 Å². The van der Waals surface area contributed by atoms with Crippen LogP contribution >= 0.6 is 0 Å². The molecule has 1 aromatic carbocycles. The fourth-order valence-electron chi connectivity index (χ4n) is 3.69. The third-order valence-corrected chi connectivity index (χ3v) is 5.31. The molecule has 7 nitrogen and oxygen atoms in total. The maximum absolute atomic E-state index is 12.8. The predicted molar refractivity (Wildman–Crippen MR) is 116 cm³/mol. The summed E-state index contributed by atoms with van der Waals surface area (Å²) in [6.45, 7) is 6.05. The second kappa shape index (κ2) is 11.0. The number of hydrogen-bond donors (Lipinski definition) is 3. The second-order valence-corrected chi connectivity index (χ2v) is 8.97. The van der Waals surface area contributed by atoms with Gasteiger partial charge in [-0.1, -0.05) is 30.3 Å². The number of likely N-dealkylation sites (N-methyl/N-ethyl adjacent to an activating group) is 1. The van der Waals surface area contributed by atoms with E-state index in [1.807, 2.05) is 51.1 Å². The van der Waals surface area contributed by atoms with Crippen molar-refractivity contribution in [3.05, 3.63) is 35.9 Å². The van der Waals surface area contributed by atoms with Crippen LogP contribution in [0.25, 0.3) is 0 Å². The number of ether oxygens (including phenoxy) is 1. The molecule has 0 radical (unpaired) electrons. The van der Waals surface area contributed by atoms with Crippen molar-refractivity contribution >= 4 is 17.9 Å². The molecule has 0 aliphatic heterocycles. The molecular formula is C23H35N3O4. The molecule has 3 N–H and O–H groups in total. The summed E-state index contributed by atoms with van der Waals surface area (Å²) in [5, 5.41) is 8.39. The van der Waals surface area contributed by atoms with E-state index < -0.39 is 17.7 Å². The topological polar surface area (TPSA) is 96.5 Å². The van der Waals surface area contributed by atoms with Gasteiger partial charge in [-0.15, -0.1) is 0 Å². The lowest BCUT2D eigenvalue weighted by molar-refractivity contribution is -0.131. The molecule has 1 aromatic rings. The van der Waals surface area contributed by atoms with Crippen LogP contribution in [0.2, 0.25) is 0 Å². The first kappa shape index (κ1) is 23.7. The van der Waals surface area contributed by atoms with Crippen LogP contribution in [0.15, 0.2) is 30.3 Å². The quantitative estimate of drug-likeness (QED) is 0.636. The number of carbonyl (C=O) groups is 3. The Labute approximate surface area is 179 Å². The van der Waals surface area contributed by atoms with Crippen molar-refractivity contribution < 1.29 is 19.1 Å². The molecule has 1 saturated carbocycles. The highest BCUT2D eigenvalue weighted by atomic mass is 16.6. The first-order valence-corrected chi connectivity index (χ1v) is 10.7. The van der Waals surface area contributed by atoms with Gasteiger partial charge in [-0.3, -0.25) is 9.59 Å². The van der Waals surface area contributed by atoms with E-state index in [0.29, 0.717) is 18.9 Å². The van der Waals surface area contributed by atoms with Gasteiger partial charge < -0.3 is 20.7 Å². The Morgan fingerprint density at radius 1 is 1.07 bits per heavy atom. The lowest BCUT2D eigenvalue weighted by atomic mass is 9.81. The molecule has 1 aliphatic rings. The van der Waals surface area contributed by atoms with Gasteiger partial charge in [0, 0.05) is 25.9 Å².